The van der Waals surface area contributed by atoms with E-state index in [1.165, 1.54) is 26.0 Å². The highest BCUT2D eigenvalue weighted by atomic mass is 32.2. The molecule has 1 aromatic carbocycles. The van der Waals surface area contributed by atoms with Crippen molar-refractivity contribution in [2.45, 2.75) is 31.7 Å². The molecular weight excluding hydrogens is 300 g/mol. The molecule has 1 N–H and O–H groups in total. The SMILES string of the molecule is CCOC(=O)C(C)NS(=O)(=O)c1cc([N+](=O)[O-])ccc1C. The molecule has 0 aliphatic rings. The van der Waals surface area contributed by atoms with Crippen LogP contribution in [0.3, 0.4) is 0 Å². The van der Waals surface area contributed by atoms with Crippen LogP contribution in [0.5, 0.6) is 0 Å². The fourth-order valence-corrected chi connectivity index (χ4v) is 3.06. The van der Waals surface area contributed by atoms with Crippen molar-refractivity contribution in [2.75, 3.05) is 6.61 Å². The summed E-state index contributed by atoms with van der Waals surface area (Å²) in [5.41, 5.74) is -0.00563. The van der Waals surface area contributed by atoms with Crippen molar-refractivity contribution in [3.63, 3.8) is 0 Å². The van der Waals surface area contributed by atoms with Crippen LogP contribution >= 0.6 is 0 Å². The molecule has 116 valence electrons. The molecule has 0 aromatic heterocycles. The van der Waals surface area contributed by atoms with E-state index < -0.39 is 27.0 Å². The molecular formula is C12H16N2O6S. The van der Waals surface area contributed by atoms with Crippen LogP contribution < -0.4 is 4.72 Å². The van der Waals surface area contributed by atoms with Gasteiger partial charge in [0.05, 0.1) is 16.4 Å². The van der Waals surface area contributed by atoms with Crippen molar-refractivity contribution in [3.05, 3.63) is 33.9 Å². The lowest BCUT2D eigenvalue weighted by Crippen LogP contribution is -2.39. The molecule has 0 aliphatic carbocycles. The summed E-state index contributed by atoms with van der Waals surface area (Å²) in [5, 5.41) is 10.7. The van der Waals surface area contributed by atoms with Gasteiger partial charge in [-0.2, -0.15) is 4.72 Å². The van der Waals surface area contributed by atoms with Crippen molar-refractivity contribution >= 4 is 21.7 Å². The number of nitrogens with one attached hydrogen (secondary N) is 1. The first kappa shape index (κ1) is 17.1. The van der Waals surface area contributed by atoms with Gasteiger partial charge < -0.3 is 4.74 Å². The molecule has 1 aromatic rings. The Morgan fingerprint density at radius 2 is 2.10 bits per heavy atom. The van der Waals surface area contributed by atoms with Crippen LogP contribution in [0.15, 0.2) is 23.1 Å². The van der Waals surface area contributed by atoms with Gasteiger partial charge in [-0.25, -0.2) is 8.42 Å². The minimum Gasteiger partial charge on any atom is -0.465 e. The second-order valence-electron chi connectivity index (χ2n) is 4.30. The standard InChI is InChI=1S/C12H16N2O6S/c1-4-20-12(15)9(3)13-21(18,19)11-7-10(14(16)17)6-5-8(11)2/h5-7,9,13H,4H2,1-3H3. The molecule has 0 radical (unpaired) electrons. The van der Waals surface area contributed by atoms with E-state index in [1.807, 2.05) is 0 Å². The number of carbonyl (C=O) groups excluding carboxylic acids is 1. The van der Waals surface area contributed by atoms with Crippen LogP contribution in [0, 0.1) is 17.0 Å². The topological polar surface area (TPSA) is 116 Å². The van der Waals surface area contributed by atoms with E-state index in [4.69, 9.17) is 4.74 Å². The number of aryl methyl sites for hydroxylation is 1. The minimum absolute atomic E-state index is 0.126. The number of carbonyl (C=O) groups is 1. The number of nitrogens with zero attached hydrogens (tertiary/aromatic N) is 1. The first-order valence-corrected chi connectivity index (χ1v) is 7.61. The second kappa shape index (κ2) is 6.64. The molecule has 0 fully saturated rings. The van der Waals surface area contributed by atoms with Crippen molar-refractivity contribution in [1.29, 1.82) is 0 Å². The third-order valence-corrected chi connectivity index (χ3v) is 4.33. The summed E-state index contributed by atoms with van der Waals surface area (Å²) in [4.78, 5) is 21.2. The zero-order valence-corrected chi connectivity index (χ0v) is 12.6. The van der Waals surface area contributed by atoms with E-state index in [2.05, 4.69) is 4.72 Å². The van der Waals surface area contributed by atoms with Gasteiger partial charge in [-0.3, -0.25) is 14.9 Å². The zero-order valence-electron chi connectivity index (χ0n) is 11.8. The van der Waals surface area contributed by atoms with Gasteiger partial charge in [-0.15, -0.1) is 0 Å². The van der Waals surface area contributed by atoms with E-state index in [-0.39, 0.29) is 17.2 Å². The first-order valence-electron chi connectivity index (χ1n) is 6.13. The maximum atomic E-state index is 12.2. The lowest BCUT2D eigenvalue weighted by molar-refractivity contribution is -0.385. The lowest BCUT2D eigenvalue weighted by atomic mass is 10.2. The van der Waals surface area contributed by atoms with E-state index in [0.717, 1.165) is 6.07 Å². The second-order valence-corrected chi connectivity index (χ2v) is 5.98. The zero-order chi connectivity index (χ0) is 16.2. The van der Waals surface area contributed by atoms with Gasteiger partial charge in [0.1, 0.15) is 6.04 Å². The molecule has 0 amide bonds. The molecule has 0 heterocycles. The normalized spacial score (nSPS) is 12.7. The molecule has 0 saturated carbocycles. The molecule has 0 saturated heterocycles. The Kier molecular flexibility index (Phi) is 5.39. The number of nitro groups is 1. The van der Waals surface area contributed by atoms with E-state index in [9.17, 15) is 23.3 Å². The van der Waals surface area contributed by atoms with E-state index in [0.29, 0.717) is 5.56 Å². The van der Waals surface area contributed by atoms with Crippen molar-refractivity contribution in [2.24, 2.45) is 0 Å². The Morgan fingerprint density at radius 1 is 1.48 bits per heavy atom. The third kappa shape index (κ3) is 4.23. The Labute approximate surface area is 122 Å². The molecule has 9 heteroatoms. The third-order valence-electron chi connectivity index (χ3n) is 2.64. The number of nitro benzene ring substituents is 1. The predicted octanol–water partition coefficient (Wildman–Crippen LogP) is 1.13. The average Bonchev–Trinajstić information content (AvgIpc) is 2.38. The lowest BCUT2D eigenvalue weighted by Gasteiger charge is -2.14. The number of hydrogen-bond donors (Lipinski definition) is 1. The monoisotopic (exact) mass is 316 g/mol. The quantitative estimate of drug-likeness (QED) is 0.478. The van der Waals surface area contributed by atoms with Crippen LogP contribution in [0.25, 0.3) is 0 Å². The number of rotatable bonds is 6. The number of hydrogen-bond acceptors (Lipinski definition) is 6. The Hall–Kier alpha value is -2.00. The van der Waals surface area contributed by atoms with Crippen LogP contribution in [0.2, 0.25) is 0 Å². The van der Waals surface area contributed by atoms with Gasteiger partial charge in [-0.1, -0.05) is 6.07 Å². The number of sulfonamides is 1. The number of esters is 1. The summed E-state index contributed by atoms with van der Waals surface area (Å²) in [6.07, 6.45) is 0. The predicted molar refractivity (Wildman–Crippen MR) is 74.2 cm³/mol. The number of non-ortho nitro benzene ring substituents is 1. The van der Waals surface area contributed by atoms with Gasteiger partial charge >= 0.3 is 5.97 Å². The molecule has 1 rings (SSSR count). The summed E-state index contributed by atoms with van der Waals surface area (Å²) in [6.45, 7) is 4.57. The molecule has 8 nitrogen and oxygen atoms in total. The smallest absolute Gasteiger partial charge is 0.323 e. The van der Waals surface area contributed by atoms with Crippen molar-refractivity contribution in [3.8, 4) is 0 Å². The molecule has 21 heavy (non-hydrogen) atoms. The van der Waals surface area contributed by atoms with Crippen LogP contribution in [-0.2, 0) is 19.6 Å². The number of benzene rings is 1. The minimum atomic E-state index is -4.06. The Morgan fingerprint density at radius 3 is 2.62 bits per heavy atom. The van der Waals surface area contributed by atoms with Gasteiger partial charge in [-0.05, 0) is 26.3 Å². The van der Waals surface area contributed by atoms with E-state index >= 15 is 0 Å². The van der Waals surface area contributed by atoms with Gasteiger partial charge in [0.25, 0.3) is 5.69 Å². The van der Waals surface area contributed by atoms with Gasteiger partial charge in [0, 0.05) is 12.1 Å². The summed E-state index contributed by atoms with van der Waals surface area (Å²) in [5.74, 6) is -0.718. The molecule has 0 spiro atoms. The van der Waals surface area contributed by atoms with Gasteiger partial charge in [0.15, 0.2) is 0 Å². The summed E-state index contributed by atoms with van der Waals surface area (Å²) in [6, 6.07) is 2.41. The largest absolute Gasteiger partial charge is 0.465 e. The summed E-state index contributed by atoms with van der Waals surface area (Å²) >= 11 is 0. The maximum absolute atomic E-state index is 12.2. The van der Waals surface area contributed by atoms with Crippen LogP contribution in [0.4, 0.5) is 5.69 Å². The van der Waals surface area contributed by atoms with Crippen molar-refractivity contribution in [1.82, 2.24) is 4.72 Å². The Balaban J connectivity index is 3.11. The molecule has 0 aliphatic heterocycles. The van der Waals surface area contributed by atoms with E-state index in [1.54, 1.807) is 6.92 Å². The summed E-state index contributed by atoms with van der Waals surface area (Å²) in [7, 11) is -4.06. The summed E-state index contributed by atoms with van der Waals surface area (Å²) < 4.78 is 31.3. The highest BCUT2D eigenvalue weighted by Crippen LogP contribution is 2.21. The first-order chi connectivity index (χ1) is 9.69. The van der Waals surface area contributed by atoms with Gasteiger partial charge in [0.2, 0.25) is 10.0 Å². The molecule has 1 atom stereocenters. The fourth-order valence-electron chi connectivity index (χ4n) is 1.60. The number of ether oxygens (including phenoxy) is 1. The van der Waals surface area contributed by atoms with Crippen molar-refractivity contribution < 1.29 is 22.9 Å². The van der Waals surface area contributed by atoms with Crippen LogP contribution in [0.1, 0.15) is 19.4 Å². The molecule has 0 bridgehead atoms. The average molecular weight is 316 g/mol. The maximum Gasteiger partial charge on any atom is 0.323 e. The highest BCUT2D eigenvalue weighted by molar-refractivity contribution is 7.89. The van der Waals surface area contributed by atoms with Crippen LogP contribution in [-0.4, -0.2) is 32.0 Å². The fraction of sp³-hybridized carbons (Fsp3) is 0.417. The Bertz CT molecular complexity index is 656. The highest BCUT2D eigenvalue weighted by Gasteiger charge is 2.25. The molecule has 1 unspecified atom stereocenters.